The minimum atomic E-state index is -4.67. The van der Waals surface area contributed by atoms with Crippen molar-refractivity contribution in [1.29, 1.82) is 0 Å². The Bertz CT molecular complexity index is 1240. The summed E-state index contributed by atoms with van der Waals surface area (Å²) in [5, 5.41) is 38.3. The highest BCUT2D eigenvalue weighted by Gasteiger charge is 2.27. The molecule has 0 aromatic heterocycles. The Morgan fingerprint density at radius 3 is 1.74 bits per heavy atom. The van der Waals surface area contributed by atoms with E-state index in [1.807, 2.05) is 37.3 Å². The molecule has 0 aliphatic rings. The van der Waals surface area contributed by atoms with Gasteiger partial charge in [0.2, 0.25) is 0 Å². The molecule has 5 N–H and O–H groups in total. The molecule has 0 fully saturated rings. The first kappa shape index (κ1) is 55.3. The highest BCUT2D eigenvalue weighted by molar-refractivity contribution is 7.47. The number of carbonyl (C=O) groups is 2. The number of unbranched alkanes of at least 4 members (excludes halogenated alkanes) is 10. The molecule has 12 nitrogen and oxygen atoms in total. The molecular formula is C45H77O12P. The molecule has 0 saturated heterocycles. The van der Waals surface area contributed by atoms with Gasteiger partial charge in [-0.1, -0.05) is 164 Å². The normalized spacial score (nSPS) is 15.7. The van der Waals surface area contributed by atoms with Gasteiger partial charge in [0.05, 0.1) is 32.0 Å². The minimum absolute atomic E-state index is 0.0000183. The van der Waals surface area contributed by atoms with Crippen LogP contribution in [0.4, 0.5) is 0 Å². The molecule has 334 valence electrons. The zero-order valence-corrected chi connectivity index (χ0v) is 36.5. The van der Waals surface area contributed by atoms with Crippen molar-refractivity contribution in [3.63, 3.8) is 0 Å². The van der Waals surface area contributed by atoms with Crippen LogP contribution in [0, 0.1) is 5.92 Å². The maximum Gasteiger partial charge on any atom is 0.472 e. The second kappa shape index (κ2) is 38.5. The molecule has 0 saturated carbocycles. The first-order valence-electron chi connectivity index (χ1n) is 21.5. The van der Waals surface area contributed by atoms with Gasteiger partial charge in [-0.15, -0.1) is 0 Å². The molecule has 0 bridgehead atoms. The number of carbonyl (C=O) groups excluding carboxylic acids is 2. The number of rotatable bonds is 38. The number of ether oxygens (including phenoxy) is 2. The van der Waals surface area contributed by atoms with Crippen LogP contribution in [0.15, 0.2) is 72.9 Å². The van der Waals surface area contributed by atoms with Crippen molar-refractivity contribution >= 4 is 19.8 Å². The van der Waals surface area contributed by atoms with E-state index in [1.165, 1.54) is 51.4 Å². The molecule has 1 unspecified atom stereocenters. The van der Waals surface area contributed by atoms with Crippen molar-refractivity contribution in [1.82, 2.24) is 0 Å². The molecule has 0 aliphatic heterocycles. The Kier molecular flexibility index (Phi) is 36.8. The van der Waals surface area contributed by atoms with Crippen LogP contribution < -0.4 is 0 Å². The van der Waals surface area contributed by atoms with Gasteiger partial charge in [0.25, 0.3) is 0 Å². The van der Waals surface area contributed by atoms with E-state index < -0.39 is 64.0 Å². The number of phosphoric ester groups is 1. The Labute approximate surface area is 349 Å². The molecule has 13 heteroatoms. The first-order valence-corrected chi connectivity index (χ1v) is 23.0. The fourth-order valence-corrected chi connectivity index (χ4v) is 6.17. The van der Waals surface area contributed by atoms with Crippen LogP contribution in [-0.2, 0) is 32.7 Å². The highest BCUT2D eigenvalue weighted by atomic mass is 31.2. The quantitative estimate of drug-likeness (QED) is 0.0131. The first-order chi connectivity index (χ1) is 27.9. The molecule has 0 radical (unpaired) electrons. The van der Waals surface area contributed by atoms with E-state index in [1.54, 1.807) is 42.5 Å². The van der Waals surface area contributed by atoms with Crippen molar-refractivity contribution < 1.29 is 58.0 Å². The van der Waals surface area contributed by atoms with Gasteiger partial charge in [0.1, 0.15) is 12.7 Å². The molecule has 0 rings (SSSR count). The molecule has 0 spiro atoms. The number of aliphatic hydroxyl groups is 4. The van der Waals surface area contributed by atoms with Crippen LogP contribution in [0.1, 0.15) is 143 Å². The minimum Gasteiger partial charge on any atom is -0.462 e. The van der Waals surface area contributed by atoms with E-state index >= 15 is 0 Å². The Morgan fingerprint density at radius 2 is 1.17 bits per heavy atom. The van der Waals surface area contributed by atoms with E-state index in [9.17, 15) is 34.4 Å². The summed E-state index contributed by atoms with van der Waals surface area (Å²) in [6.45, 7) is 4.28. The third-order valence-corrected chi connectivity index (χ3v) is 9.68. The third kappa shape index (κ3) is 38.8. The summed E-state index contributed by atoms with van der Waals surface area (Å²) in [5.41, 5.74) is 0. The number of esters is 2. The zero-order chi connectivity index (χ0) is 43.1. The maximum atomic E-state index is 12.6. The van der Waals surface area contributed by atoms with Crippen molar-refractivity contribution in [2.24, 2.45) is 5.92 Å². The van der Waals surface area contributed by atoms with Crippen LogP contribution >= 0.6 is 7.82 Å². The van der Waals surface area contributed by atoms with Crippen molar-refractivity contribution in [3.8, 4) is 0 Å². The molecule has 0 amide bonds. The van der Waals surface area contributed by atoms with Crippen molar-refractivity contribution in [3.05, 3.63) is 72.9 Å². The maximum absolute atomic E-state index is 12.6. The largest absolute Gasteiger partial charge is 0.472 e. The molecule has 58 heavy (non-hydrogen) atoms. The Balaban J connectivity index is 4.56. The van der Waals surface area contributed by atoms with Gasteiger partial charge in [-0.05, 0) is 44.4 Å². The Morgan fingerprint density at radius 1 is 0.638 bits per heavy atom. The highest BCUT2D eigenvalue weighted by Crippen LogP contribution is 2.43. The SMILES string of the molecule is CC/C=C\C[C@H](O)/C=C/C=C\C=C\[C@H](O)C/C=C\C/C=C\CCC(=O)O[C@H](COC(=O)CCCCCCCCCCCCCC(C)C)COP(=O)(O)OC[C@@H](O)CO. The lowest BCUT2D eigenvalue weighted by atomic mass is 10.0. The lowest BCUT2D eigenvalue weighted by Gasteiger charge is -2.20. The lowest BCUT2D eigenvalue weighted by Crippen LogP contribution is -2.29. The van der Waals surface area contributed by atoms with Gasteiger partial charge in [-0.25, -0.2) is 4.57 Å². The summed E-state index contributed by atoms with van der Waals surface area (Å²) in [5.74, 6) is -0.310. The monoisotopic (exact) mass is 841 g/mol. The summed E-state index contributed by atoms with van der Waals surface area (Å²) < 4.78 is 32.5. The van der Waals surface area contributed by atoms with Gasteiger partial charge in [0, 0.05) is 12.8 Å². The second-order valence-corrected chi connectivity index (χ2v) is 16.3. The van der Waals surface area contributed by atoms with Crippen LogP contribution in [0.2, 0.25) is 0 Å². The molecule has 5 atom stereocenters. The number of aliphatic hydroxyl groups excluding tert-OH is 4. The average Bonchev–Trinajstić information content (AvgIpc) is 3.19. The number of hydrogen-bond acceptors (Lipinski definition) is 11. The van der Waals surface area contributed by atoms with Crippen LogP contribution in [0.3, 0.4) is 0 Å². The topological polar surface area (TPSA) is 189 Å². The fourth-order valence-electron chi connectivity index (χ4n) is 5.38. The van der Waals surface area contributed by atoms with Crippen molar-refractivity contribution in [2.75, 3.05) is 26.4 Å². The summed E-state index contributed by atoms with van der Waals surface area (Å²) in [4.78, 5) is 34.9. The lowest BCUT2D eigenvalue weighted by molar-refractivity contribution is -0.161. The molecule has 0 aromatic carbocycles. The summed E-state index contributed by atoms with van der Waals surface area (Å²) in [7, 11) is -4.67. The van der Waals surface area contributed by atoms with E-state index in [-0.39, 0.29) is 19.4 Å². The average molecular weight is 841 g/mol. The third-order valence-electron chi connectivity index (χ3n) is 8.73. The van der Waals surface area contributed by atoms with E-state index in [0.717, 1.165) is 31.6 Å². The van der Waals surface area contributed by atoms with Crippen molar-refractivity contribution in [2.45, 2.75) is 167 Å². The summed E-state index contributed by atoms with van der Waals surface area (Å²) in [6, 6.07) is 0. The van der Waals surface area contributed by atoms with Gasteiger partial charge in [0.15, 0.2) is 6.10 Å². The fraction of sp³-hybridized carbons (Fsp3) is 0.689. The van der Waals surface area contributed by atoms with E-state index in [0.29, 0.717) is 32.1 Å². The van der Waals surface area contributed by atoms with Gasteiger partial charge in [-0.3, -0.25) is 18.6 Å². The van der Waals surface area contributed by atoms with Gasteiger partial charge < -0.3 is 34.8 Å². The molecule has 0 heterocycles. The molecule has 0 aromatic rings. The van der Waals surface area contributed by atoms with Crippen LogP contribution in [0.5, 0.6) is 0 Å². The van der Waals surface area contributed by atoms with Gasteiger partial charge in [-0.2, -0.15) is 0 Å². The van der Waals surface area contributed by atoms with E-state index in [4.69, 9.17) is 19.1 Å². The predicted octanol–water partition coefficient (Wildman–Crippen LogP) is 9.08. The predicted molar refractivity (Wildman–Crippen MR) is 231 cm³/mol. The summed E-state index contributed by atoms with van der Waals surface area (Å²) >= 11 is 0. The van der Waals surface area contributed by atoms with Crippen LogP contribution in [-0.4, -0.2) is 88.1 Å². The van der Waals surface area contributed by atoms with E-state index in [2.05, 4.69) is 18.4 Å². The summed E-state index contributed by atoms with van der Waals surface area (Å²) in [6.07, 6.45) is 35.3. The standard InChI is InChI=1S/C45H77O12P/c1-4-5-21-29-40(47)31-24-19-20-25-32-41(48)30-23-16-13-14-18-27-34-45(51)57-43(38-56-58(52,53)55-36-42(49)35-46)37-54-44(50)33-26-17-12-10-8-6-7-9-11-15-22-28-39(2)3/h5,14,16,18-21,23-25,31-32,39-43,46-49H,4,6-13,15,17,22,26-30,33-38H2,1-3H3,(H,52,53)/b18-14-,20-19-,21-5-,23-16-,31-24+,32-25+/t40-,41+,42-,43+/m0/s1. The number of hydrogen-bond donors (Lipinski definition) is 5. The van der Waals surface area contributed by atoms with Crippen LogP contribution in [0.25, 0.3) is 0 Å². The molecular weight excluding hydrogens is 763 g/mol. The Hall–Kier alpha value is -2.67. The smallest absolute Gasteiger partial charge is 0.462 e. The molecule has 0 aliphatic carbocycles. The number of phosphoric acid groups is 1. The van der Waals surface area contributed by atoms with Gasteiger partial charge >= 0.3 is 19.8 Å². The second-order valence-electron chi connectivity index (χ2n) is 14.9. The zero-order valence-electron chi connectivity index (χ0n) is 35.6. The number of allylic oxidation sites excluding steroid dienone is 8.